The molecule has 0 aromatic heterocycles. The van der Waals surface area contributed by atoms with E-state index in [0.717, 1.165) is 17.7 Å². The topological polar surface area (TPSA) is 47.9 Å². The summed E-state index contributed by atoms with van der Waals surface area (Å²) in [5.74, 6) is 1.86. The zero-order valence-electron chi connectivity index (χ0n) is 19.7. The molecular formula is C24H44O4Si. The molecule has 0 aliphatic carbocycles. The number of ether oxygens (including phenoxy) is 2. The number of methoxy groups -OCH3 is 1. The fraction of sp³-hybridized carbons (Fsp3) is 0.750. The molecule has 1 N–H and O–H groups in total. The Balaban J connectivity index is 2.70. The van der Waals surface area contributed by atoms with Gasteiger partial charge < -0.3 is 19.0 Å². The second-order valence-electron chi connectivity index (χ2n) is 9.29. The molecule has 1 aromatic rings. The maximum absolute atomic E-state index is 9.49. The van der Waals surface area contributed by atoms with E-state index in [0.29, 0.717) is 31.0 Å². The Hall–Kier alpha value is -0.883. The molecule has 0 heterocycles. The highest BCUT2D eigenvalue weighted by molar-refractivity contribution is 6.71. The fourth-order valence-electron chi connectivity index (χ4n) is 3.85. The Kier molecular flexibility index (Phi) is 12.1. The summed E-state index contributed by atoms with van der Waals surface area (Å²) >= 11 is 0. The molecule has 0 aliphatic rings. The zero-order chi connectivity index (χ0) is 21.9. The van der Waals surface area contributed by atoms with Crippen LogP contribution in [0, 0.1) is 17.8 Å². The summed E-state index contributed by atoms with van der Waals surface area (Å²) in [6, 6.07) is 9.22. The maximum Gasteiger partial charge on any atom is 0.187 e. The summed E-state index contributed by atoms with van der Waals surface area (Å²) in [6.45, 7) is 15.0. The van der Waals surface area contributed by atoms with E-state index < -0.39 is 8.32 Å². The lowest BCUT2D eigenvalue weighted by Gasteiger charge is -2.37. The van der Waals surface area contributed by atoms with Crippen LogP contribution in [-0.2, 0) is 15.8 Å². The van der Waals surface area contributed by atoms with E-state index in [1.54, 1.807) is 7.11 Å². The van der Waals surface area contributed by atoms with E-state index >= 15 is 0 Å². The van der Waals surface area contributed by atoms with Crippen LogP contribution in [0.3, 0.4) is 0 Å². The van der Waals surface area contributed by atoms with E-state index in [-0.39, 0.29) is 12.7 Å². The summed E-state index contributed by atoms with van der Waals surface area (Å²) in [7, 11) is -0.0418. The van der Waals surface area contributed by atoms with Crippen molar-refractivity contribution >= 4 is 8.32 Å². The summed E-state index contributed by atoms with van der Waals surface area (Å²) in [5, 5.41) is 9.49. The van der Waals surface area contributed by atoms with Gasteiger partial charge in [0.25, 0.3) is 0 Å². The molecule has 0 amide bonds. The molecule has 4 nitrogen and oxygen atoms in total. The average molecular weight is 425 g/mol. The largest absolute Gasteiger partial charge is 0.497 e. The monoisotopic (exact) mass is 424 g/mol. The van der Waals surface area contributed by atoms with Gasteiger partial charge in [0.2, 0.25) is 0 Å². The summed E-state index contributed by atoms with van der Waals surface area (Å²) in [6.07, 6.45) is 3.58. The van der Waals surface area contributed by atoms with Crippen molar-refractivity contribution < 1.29 is 19.0 Å². The van der Waals surface area contributed by atoms with Gasteiger partial charge in [-0.2, -0.15) is 0 Å². The second-order valence-corrected chi connectivity index (χ2v) is 13.5. The first-order chi connectivity index (χ1) is 13.7. The average Bonchev–Trinajstić information content (AvgIpc) is 2.70. The summed E-state index contributed by atoms with van der Waals surface area (Å²) < 4.78 is 18.1. The molecule has 0 spiro atoms. The van der Waals surface area contributed by atoms with Crippen molar-refractivity contribution in [2.24, 2.45) is 17.8 Å². The molecule has 1 rings (SSSR count). The van der Waals surface area contributed by atoms with Gasteiger partial charge in [-0.25, -0.2) is 0 Å². The number of hydrogen-bond donors (Lipinski definition) is 1. The number of unbranched alkanes of at least 4 members (excludes halogenated alkanes) is 1. The highest BCUT2D eigenvalue weighted by atomic mass is 28.4. The lowest BCUT2D eigenvalue weighted by atomic mass is 9.87. The van der Waals surface area contributed by atoms with Crippen LogP contribution in [0.2, 0.25) is 19.1 Å². The van der Waals surface area contributed by atoms with Crippen molar-refractivity contribution in [1.82, 2.24) is 0 Å². The van der Waals surface area contributed by atoms with Gasteiger partial charge in [-0.05, 0) is 55.1 Å². The highest BCUT2D eigenvalue weighted by Gasteiger charge is 2.33. The number of aliphatic hydroxyl groups is 1. The quantitative estimate of drug-likeness (QED) is 0.356. The van der Waals surface area contributed by atoms with Crippen LogP contribution < -0.4 is 4.74 Å². The van der Waals surface area contributed by atoms with E-state index in [1.807, 2.05) is 24.3 Å². The number of aliphatic hydroxyl groups excluding tert-OH is 1. The minimum Gasteiger partial charge on any atom is -0.497 e. The Morgan fingerprint density at radius 2 is 1.69 bits per heavy atom. The zero-order valence-corrected chi connectivity index (χ0v) is 20.7. The number of hydrogen-bond acceptors (Lipinski definition) is 4. The van der Waals surface area contributed by atoms with Gasteiger partial charge in [-0.15, -0.1) is 0 Å². The Bertz CT molecular complexity index is 546. The minimum absolute atomic E-state index is 0.165. The molecule has 168 valence electrons. The molecule has 0 aliphatic heterocycles. The molecule has 29 heavy (non-hydrogen) atoms. The molecule has 1 aromatic carbocycles. The van der Waals surface area contributed by atoms with E-state index in [2.05, 4.69) is 40.8 Å². The fourth-order valence-corrected chi connectivity index (χ4v) is 6.37. The molecule has 0 radical (unpaired) electrons. The molecule has 0 bridgehead atoms. The van der Waals surface area contributed by atoms with Gasteiger partial charge in [0.05, 0.1) is 26.4 Å². The SMILES string of the molecule is CCCC[Si](C)(C)O[C@@H]([C@@H](C)COCc1ccc(OC)cc1)[C@@H](C)C[C@@H](C)CO. The molecule has 5 heteroatoms. The van der Waals surface area contributed by atoms with Crippen LogP contribution >= 0.6 is 0 Å². The number of benzene rings is 1. The van der Waals surface area contributed by atoms with Crippen molar-refractivity contribution in [3.8, 4) is 5.75 Å². The first kappa shape index (κ1) is 26.2. The Labute approximate surface area is 180 Å². The van der Waals surface area contributed by atoms with Gasteiger partial charge in [0, 0.05) is 12.5 Å². The lowest BCUT2D eigenvalue weighted by molar-refractivity contribution is 0.00642. The van der Waals surface area contributed by atoms with E-state index in [1.165, 1.54) is 18.9 Å². The van der Waals surface area contributed by atoms with Crippen LogP contribution in [0.4, 0.5) is 0 Å². The van der Waals surface area contributed by atoms with Gasteiger partial charge in [-0.1, -0.05) is 52.7 Å². The maximum atomic E-state index is 9.49. The van der Waals surface area contributed by atoms with Crippen LogP contribution in [0.5, 0.6) is 5.75 Å². The Morgan fingerprint density at radius 1 is 1.03 bits per heavy atom. The second kappa shape index (κ2) is 13.4. The number of rotatable bonds is 15. The van der Waals surface area contributed by atoms with E-state index in [9.17, 15) is 5.11 Å². The van der Waals surface area contributed by atoms with Crippen molar-refractivity contribution in [1.29, 1.82) is 0 Å². The first-order valence-electron chi connectivity index (χ1n) is 11.2. The third-order valence-electron chi connectivity index (χ3n) is 5.60. The van der Waals surface area contributed by atoms with Gasteiger partial charge in [0.1, 0.15) is 5.75 Å². The Morgan fingerprint density at radius 3 is 2.24 bits per heavy atom. The molecule has 0 unspecified atom stereocenters. The van der Waals surface area contributed by atoms with Crippen molar-refractivity contribution in [3.05, 3.63) is 29.8 Å². The van der Waals surface area contributed by atoms with Crippen LogP contribution in [0.1, 0.15) is 52.5 Å². The summed E-state index contributed by atoms with van der Waals surface area (Å²) in [5.41, 5.74) is 1.15. The molecule has 0 saturated carbocycles. The van der Waals surface area contributed by atoms with Crippen molar-refractivity contribution in [2.75, 3.05) is 20.3 Å². The third-order valence-corrected chi connectivity index (χ3v) is 8.07. The van der Waals surface area contributed by atoms with Gasteiger partial charge in [-0.3, -0.25) is 0 Å². The van der Waals surface area contributed by atoms with Crippen LogP contribution in [0.15, 0.2) is 24.3 Å². The normalized spacial score (nSPS) is 16.3. The van der Waals surface area contributed by atoms with Gasteiger partial charge in [0.15, 0.2) is 8.32 Å². The van der Waals surface area contributed by atoms with Crippen LogP contribution in [0.25, 0.3) is 0 Å². The van der Waals surface area contributed by atoms with Crippen molar-refractivity contribution in [3.63, 3.8) is 0 Å². The molecular weight excluding hydrogens is 380 g/mol. The lowest BCUT2D eigenvalue weighted by Crippen LogP contribution is -2.43. The first-order valence-corrected chi connectivity index (χ1v) is 14.3. The van der Waals surface area contributed by atoms with E-state index in [4.69, 9.17) is 13.9 Å². The van der Waals surface area contributed by atoms with Crippen LogP contribution in [-0.4, -0.2) is 39.9 Å². The van der Waals surface area contributed by atoms with Gasteiger partial charge >= 0.3 is 0 Å². The minimum atomic E-state index is -1.72. The summed E-state index contributed by atoms with van der Waals surface area (Å²) in [4.78, 5) is 0. The molecule has 0 fully saturated rings. The van der Waals surface area contributed by atoms with Crippen molar-refractivity contribution in [2.45, 2.75) is 78.8 Å². The molecule has 0 saturated heterocycles. The predicted molar refractivity (Wildman–Crippen MR) is 124 cm³/mol. The smallest absolute Gasteiger partial charge is 0.187 e. The molecule has 4 atom stereocenters. The standard InChI is InChI=1S/C24H44O4Si/c1-8-9-14-29(6,7)28-24(20(3)15-19(2)16-25)21(4)17-27-18-22-10-12-23(26-5)13-11-22/h10-13,19-21,24-25H,8-9,14-18H2,1-7H3/t19-,20+,21+,24-/m1/s1. The predicted octanol–water partition coefficient (Wildman–Crippen LogP) is 5.89. The third kappa shape index (κ3) is 10.1. The highest BCUT2D eigenvalue weighted by Crippen LogP contribution is 2.29.